The van der Waals surface area contributed by atoms with Crippen LogP contribution >= 0.6 is 0 Å². The lowest BCUT2D eigenvalue weighted by molar-refractivity contribution is -0.137. The Morgan fingerprint density at radius 1 is 1.16 bits per heavy atom. The molecule has 3 unspecified atom stereocenters. The summed E-state index contributed by atoms with van der Waals surface area (Å²) in [5, 5.41) is 11.6. The second kappa shape index (κ2) is 8.37. The zero-order valence-corrected chi connectivity index (χ0v) is 14.6. The van der Waals surface area contributed by atoms with Gasteiger partial charge in [0.1, 0.15) is 5.75 Å². The van der Waals surface area contributed by atoms with Crippen LogP contribution in [0.5, 0.6) is 5.75 Å². The number of hydrogen-bond donors (Lipinski definition) is 2. The molecule has 3 atom stereocenters. The summed E-state index contributed by atoms with van der Waals surface area (Å²) >= 11 is 0. The van der Waals surface area contributed by atoms with Crippen LogP contribution in [0.4, 0.5) is 0 Å². The van der Waals surface area contributed by atoms with Crippen LogP contribution in [0.2, 0.25) is 0 Å². The molecule has 0 saturated heterocycles. The van der Waals surface area contributed by atoms with E-state index in [1.165, 1.54) is 25.7 Å². The van der Waals surface area contributed by atoms with Crippen LogP contribution in [0.3, 0.4) is 0 Å². The molecule has 1 aromatic carbocycles. The number of amides is 1. The third kappa shape index (κ3) is 5.21. The number of nitrogens with one attached hydrogen (secondary N) is 1. The molecule has 2 aliphatic carbocycles. The van der Waals surface area contributed by atoms with E-state index in [0.29, 0.717) is 31.9 Å². The zero-order chi connectivity index (χ0) is 17.6. The second-order valence-corrected chi connectivity index (χ2v) is 7.41. The molecule has 0 radical (unpaired) electrons. The third-order valence-corrected chi connectivity index (χ3v) is 5.55. The highest BCUT2D eigenvalue weighted by Gasteiger charge is 2.39. The van der Waals surface area contributed by atoms with Gasteiger partial charge in [-0.15, -0.1) is 0 Å². The Bertz CT molecular complexity index is 598. The average molecular weight is 345 g/mol. The fourth-order valence-corrected chi connectivity index (χ4v) is 4.25. The minimum absolute atomic E-state index is 0.118. The summed E-state index contributed by atoms with van der Waals surface area (Å²) in [5.41, 5.74) is 1.04. The van der Waals surface area contributed by atoms with E-state index in [2.05, 4.69) is 5.32 Å². The predicted octanol–water partition coefficient (Wildman–Crippen LogP) is 3.37. The van der Waals surface area contributed by atoms with Crippen LogP contribution in [-0.2, 0) is 16.1 Å². The number of carboxylic acid groups (broad SMARTS) is 1. The third-order valence-electron chi connectivity index (χ3n) is 5.55. The number of carbonyl (C=O) groups excluding carboxylic acids is 1. The fourth-order valence-electron chi connectivity index (χ4n) is 4.25. The summed E-state index contributed by atoms with van der Waals surface area (Å²) < 4.78 is 5.50. The molecule has 5 nitrogen and oxygen atoms in total. The largest absolute Gasteiger partial charge is 0.494 e. The van der Waals surface area contributed by atoms with Gasteiger partial charge in [0.15, 0.2) is 0 Å². The van der Waals surface area contributed by atoms with Crippen molar-refractivity contribution in [3.05, 3.63) is 29.8 Å². The first-order chi connectivity index (χ1) is 12.1. The molecular formula is C20H27NO4. The van der Waals surface area contributed by atoms with Gasteiger partial charge in [-0.3, -0.25) is 9.59 Å². The van der Waals surface area contributed by atoms with E-state index in [1.807, 2.05) is 24.3 Å². The number of rotatable bonds is 9. The maximum atomic E-state index is 12.2. The van der Waals surface area contributed by atoms with Gasteiger partial charge < -0.3 is 15.2 Å². The molecule has 5 heteroatoms. The van der Waals surface area contributed by atoms with Crippen molar-refractivity contribution in [1.29, 1.82) is 0 Å². The van der Waals surface area contributed by atoms with Crippen molar-refractivity contribution >= 4 is 11.9 Å². The highest BCUT2D eigenvalue weighted by atomic mass is 16.5. The molecule has 2 bridgehead atoms. The minimum atomic E-state index is -0.805. The Labute approximate surface area is 148 Å². The van der Waals surface area contributed by atoms with E-state index >= 15 is 0 Å². The standard InChI is InChI=1S/C20H27NO4/c22-19(12-17-11-15-3-6-16(17)10-15)21-13-14-4-7-18(8-5-14)25-9-1-2-20(23)24/h4-5,7-8,15-17H,1-3,6,9-13H2,(H,21,22)(H,23,24). The summed E-state index contributed by atoms with van der Waals surface area (Å²) in [6.07, 6.45) is 6.55. The Morgan fingerprint density at radius 2 is 1.96 bits per heavy atom. The molecule has 0 aromatic heterocycles. The van der Waals surface area contributed by atoms with Crippen molar-refractivity contribution < 1.29 is 19.4 Å². The van der Waals surface area contributed by atoms with Gasteiger partial charge in [-0.1, -0.05) is 18.6 Å². The Morgan fingerprint density at radius 3 is 2.60 bits per heavy atom. The molecule has 0 spiro atoms. The first-order valence-electron chi connectivity index (χ1n) is 9.30. The molecule has 136 valence electrons. The number of ether oxygens (including phenoxy) is 1. The van der Waals surface area contributed by atoms with E-state index in [9.17, 15) is 9.59 Å². The molecule has 3 rings (SSSR count). The molecule has 25 heavy (non-hydrogen) atoms. The number of aliphatic carboxylic acids is 1. The SMILES string of the molecule is O=C(O)CCCOc1ccc(CNC(=O)CC2CC3CCC2C3)cc1. The Balaban J connectivity index is 1.35. The number of benzene rings is 1. The van der Waals surface area contributed by atoms with Gasteiger partial charge in [-0.2, -0.15) is 0 Å². The van der Waals surface area contributed by atoms with E-state index < -0.39 is 5.97 Å². The molecule has 2 fully saturated rings. The summed E-state index contributed by atoms with van der Waals surface area (Å²) in [6.45, 7) is 0.935. The maximum Gasteiger partial charge on any atom is 0.303 e. The molecule has 1 amide bonds. The quantitative estimate of drug-likeness (QED) is 0.673. The van der Waals surface area contributed by atoms with Crippen molar-refractivity contribution in [2.45, 2.75) is 51.5 Å². The van der Waals surface area contributed by atoms with E-state index in [0.717, 1.165) is 23.1 Å². The molecule has 0 heterocycles. The number of hydrogen-bond acceptors (Lipinski definition) is 3. The molecule has 0 aliphatic heterocycles. The van der Waals surface area contributed by atoms with Gasteiger partial charge >= 0.3 is 5.97 Å². The zero-order valence-electron chi connectivity index (χ0n) is 14.6. The van der Waals surface area contributed by atoms with Crippen molar-refractivity contribution in [2.24, 2.45) is 17.8 Å². The Hall–Kier alpha value is -2.04. The fraction of sp³-hybridized carbons (Fsp3) is 0.600. The summed E-state index contributed by atoms with van der Waals surface area (Å²) in [7, 11) is 0. The van der Waals surface area contributed by atoms with Crippen molar-refractivity contribution in [1.82, 2.24) is 5.32 Å². The Kier molecular flexibility index (Phi) is 5.95. The predicted molar refractivity (Wildman–Crippen MR) is 94.2 cm³/mol. The first kappa shape index (κ1) is 17.8. The average Bonchev–Trinajstić information content (AvgIpc) is 3.20. The van der Waals surface area contributed by atoms with Crippen molar-refractivity contribution in [3.63, 3.8) is 0 Å². The van der Waals surface area contributed by atoms with Gasteiger partial charge in [0.05, 0.1) is 6.61 Å². The van der Waals surface area contributed by atoms with Crippen LogP contribution in [-0.4, -0.2) is 23.6 Å². The highest BCUT2D eigenvalue weighted by molar-refractivity contribution is 5.76. The van der Waals surface area contributed by atoms with E-state index in [-0.39, 0.29) is 12.3 Å². The molecule has 2 saturated carbocycles. The second-order valence-electron chi connectivity index (χ2n) is 7.41. The van der Waals surface area contributed by atoms with Gasteiger partial charge in [-0.25, -0.2) is 0 Å². The number of carboxylic acids is 1. The smallest absolute Gasteiger partial charge is 0.303 e. The highest BCUT2D eigenvalue weighted by Crippen LogP contribution is 2.49. The molecular weight excluding hydrogens is 318 g/mol. The molecule has 1 aromatic rings. The summed E-state index contributed by atoms with van der Waals surface area (Å²) in [6, 6.07) is 7.59. The molecule has 2 aliphatic rings. The number of carbonyl (C=O) groups is 2. The lowest BCUT2D eigenvalue weighted by Crippen LogP contribution is -2.26. The maximum absolute atomic E-state index is 12.2. The van der Waals surface area contributed by atoms with Crippen LogP contribution < -0.4 is 10.1 Å². The van der Waals surface area contributed by atoms with E-state index in [1.54, 1.807) is 0 Å². The van der Waals surface area contributed by atoms with Crippen LogP contribution in [0.15, 0.2) is 24.3 Å². The molecule has 2 N–H and O–H groups in total. The summed E-state index contributed by atoms with van der Waals surface area (Å²) in [4.78, 5) is 22.6. The number of fused-ring (bicyclic) bond motifs is 2. The van der Waals surface area contributed by atoms with Crippen LogP contribution in [0.1, 0.15) is 50.5 Å². The van der Waals surface area contributed by atoms with Crippen molar-refractivity contribution in [2.75, 3.05) is 6.61 Å². The van der Waals surface area contributed by atoms with E-state index in [4.69, 9.17) is 9.84 Å². The van der Waals surface area contributed by atoms with Crippen LogP contribution in [0, 0.1) is 17.8 Å². The van der Waals surface area contributed by atoms with Crippen molar-refractivity contribution in [3.8, 4) is 5.75 Å². The lowest BCUT2D eigenvalue weighted by Gasteiger charge is -2.20. The monoisotopic (exact) mass is 345 g/mol. The first-order valence-corrected chi connectivity index (χ1v) is 9.30. The van der Waals surface area contributed by atoms with Gasteiger partial charge in [0, 0.05) is 19.4 Å². The summed E-state index contributed by atoms with van der Waals surface area (Å²) in [5.74, 6) is 2.34. The minimum Gasteiger partial charge on any atom is -0.494 e. The van der Waals surface area contributed by atoms with Gasteiger partial charge in [-0.05, 0) is 61.1 Å². The topological polar surface area (TPSA) is 75.6 Å². The lowest BCUT2D eigenvalue weighted by atomic mass is 9.86. The van der Waals surface area contributed by atoms with Crippen LogP contribution in [0.25, 0.3) is 0 Å². The van der Waals surface area contributed by atoms with Gasteiger partial charge in [0.25, 0.3) is 0 Å². The van der Waals surface area contributed by atoms with Gasteiger partial charge in [0.2, 0.25) is 5.91 Å². The normalized spacial score (nSPS) is 24.2.